The molecular weight excluding hydrogens is 424 g/mol. The Balaban J connectivity index is 1.65. The maximum Gasteiger partial charge on any atom is 0.147 e. The minimum Gasteiger partial charge on any atom is -0.275 e. The zero-order chi connectivity index (χ0) is 25.1. The molecule has 0 unspecified atom stereocenters. The van der Waals surface area contributed by atoms with Gasteiger partial charge in [0.25, 0.3) is 0 Å². The highest BCUT2D eigenvalue weighted by molar-refractivity contribution is 5.40. The van der Waals surface area contributed by atoms with Crippen LogP contribution in [0.4, 0.5) is 0 Å². The smallest absolute Gasteiger partial charge is 0.147 e. The Morgan fingerprint density at radius 3 is 1.20 bits per heavy atom. The standard InChI is InChI=1S/C33H48N2/c1-32(2,3)34-21-9-15-30-23-29-14-8-12-27-19-17-26(18-20-27)11-7-13-28(30)24-31(29)16-10-22-35(25-34)33(4,5)6/h17-20,23-24H,7-16,21-22H2,1-6H3. The van der Waals surface area contributed by atoms with Crippen molar-refractivity contribution in [1.29, 1.82) is 0 Å². The second kappa shape index (κ2) is 11.2. The first-order valence-electron chi connectivity index (χ1n) is 14.1. The average Bonchev–Trinajstić information content (AvgIpc) is 2.80. The van der Waals surface area contributed by atoms with E-state index in [1.54, 1.807) is 22.3 Å². The quantitative estimate of drug-likeness (QED) is 0.393. The Morgan fingerprint density at radius 1 is 0.514 bits per heavy atom. The fourth-order valence-corrected chi connectivity index (χ4v) is 5.63. The number of benzene rings is 2. The lowest BCUT2D eigenvalue weighted by molar-refractivity contribution is 0.0615. The van der Waals surface area contributed by atoms with Crippen LogP contribution < -0.4 is 0 Å². The van der Waals surface area contributed by atoms with E-state index in [0.717, 1.165) is 13.1 Å². The Morgan fingerprint density at radius 2 is 0.857 bits per heavy atom. The van der Waals surface area contributed by atoms with Crippen LogP contribution >= 0.6 is 0 Å². The zero-order valence-corrected chi connectivity index (χ0v) is 23.3. The van der Waals surface area contributed by atoms with Crippen molar-refractivity contribution >= 4 is 0 Å². The van der Waals surface area contributed by atoms with E-state index in [2.05, 4.69) is 94.4 Å². The Labute approximate surface area is 216 Å². The molecule has 2 aliphatic heterocycles. The lowest BCUT2D eigenvalue weighted by Gasteiger charge is -2.43. The molecule has 0 fully saturated rings. The van der Waals surface area contributed by atoms with E-state index in [-0.39, 0.29) is 11.1 Å². The number of nitrogens with zero attached hydrogens (tertiary/aromatic N) is 2. The summed E-state index contributed by atoms with van der Waals surface area (Å²) in [6.07, 6.45) is 11.9. The van der Waals surface area contributed by atoms with Gasteiger partial charge in [-0.15, -0.1) is 0 Å². The van der Waals surface area contributed by atoms with Gasteiger partial charge >= 0.3 is 0 Å². The van der Waals surface area contributed by atoms with Crippen LogP contribution in [0.1, 0.15) is 101 Å². The highest BCUT2D eigenvalue weighted by Crippen LogP contribution is 2.28. The molecule has 0 atom stereocenters. The van der Waals surface area contributed by atoms with E-state index in [1.807, 2.05) is 0 Å². The summed E-state index contributed by atoms with van der Waals surface area (Å²) in [6.45, 7) is 19.9. The summed E-state index contributed by atoms with van der Waals surface area (Å²) in [5.41, 5.74) is 9.56. The fourth-order valence-electron chi connectivity index (χ4n) is 5.63. The number of rotatable bonds is 0. The number of hydrogen-bond acceptors (Lipinski definition) is 2. The average molecular weight is 473 g/mol. The van der Waals surface area contributed by atoms with Crippen molar-refractivity contribution in [2.75, 3.05) is 13.1 Å². The van der Waals surface area contributed by atoms with Gasteiger partial charge in [-0.05, 0) is 139 Å². The Hall–Kier alpha value is -1.64. The van der Waals surface area contributed by atoms with Crippen molar-refractivity contribution in [3.63, 3.8) is 0 Å². The van der Waals surface area contributed by atoms with Crippen LogP contribution in [0.25, 0.3) is 0 Å². The van der Waals surface area contributed by atoms with Gasteiger partial charge in [-0.3, -0.25) is 9.80 Å². The van der Waals surface area contributed by atoms with Crippen LogP contribution in [-0.2, 0) is 38.5 Å². The predicted molar refractivity (Wildman–Crippen MR) is 150 cm³/mol. The van der Waals surface area contributed by atoms with Crippen LogP contribution in [0.2, 0.25) is 0 Å². The molecule has 0 N–H and O–H groups in total. The number of fused-ring (bicyclic) bond motifs is 8. The van der Waals surface area contributed by atoms with Crippen LogP contribution in [-0.4, -0.2) is 34.0 Å². The molecule has 2 aromatic carbocycles. The maximum atomic E-state index is 3.85. The minimum absolute atomic E-state index is 0.0734. The normalized spacial score (nSPS) is 19.7. The molecule has 0 saturated heterocycles. The second-order valence-corrected chi connectivity index (χ2v) is 12.9. The summed E-state index contributed by atoms with van der Waals surface area (Å²) >= 11 is 0. The first kappa shape index (κ1) is 26.4. The molecule has 0 spiro atoms. The minimum atomic E-state index is 0.0734. The topological polar surface area (TPSA) is 6.48 Å². The third-order valence-corrected chi connectivity index (χ3v) is 7.88. The zero-order valence-electron chi connectivity index (χ0n) is 23.3. The van der Waals surface area contributed by atoms with E-state index >= 15 is 0 Å². The highest BCUT2D eigenvalue weighted by Gasteiger charge is 2.30. The molecule has 35 heavy (non-hydrogen) atoms. The molecule has 8 rings (SSSR count). The summed E-state index contributed by atoms with van der Waals surface area (Å²) in [5.74, 6) is 0. The molecule has 2 heterocycles. The van der Waals surface area contributed by atoms with Crippen LogP contribution in [0.15, 0.2) is 36.4 Å². The Kier molecular flexibility index (Phi) is 8.44. The van der Waals surface area contributed by atoms with Gasteiger partial charge in [0, 0.05) is 24.2 Å². The van der Waals surface area contributed by atoms with Crippen molar-refractivity contribution in [3.8, 4) is 0 Å². The van der Waals surface area contributed by atoms with Gasteiger partial charge in [0.2, 0.25) is 0 Å². The van der Waals surface area contributed by atoms with Crippen molar-refractivity contribution in [3.05, 3.63) is 76.4 Å². The molecular formula is C33H48N2. The van der Waals surface area contributed by atoms with Gasteiger partial charge in [-0.2, -0.15) is 0 Å². The maximum absolute atomic E-state index is 3.85. The molecule has 6 bridgehead atoms. The van der Waals surface area contributed by atoms with Crippen molar-refractivity contribution in [1.82, 2.24) is 9.80 Å². The van der Waals surface area contributed by atoms with Gasteiger partial charge < -0.3 is 0 Å². The largest absolute Gasteiger partial charge is 0.275 e. The molecule has 0 aromatic heterocycles. The number of aryl methyl sites for hydroxylation is 6. The molecule has 190 valence electrons. The molecule has 6 aliphatic rings. The third kappa shape index (κ3) is 7.20. The van der Waals surface area contributed by atoms with Crippen molar-refractivity contribution in [2.45, 2.75) is 117 Å². The SMILES string of the molecule is CC(C)(C)N1[C]N(C(C)(C)C)CCCc2cc3c(cc2CCCc2ccc(cc2)CCC3)CCC1. The van der Waals surface area contributed by atoms with E-state index in [9.17, 15) is 0 Å². The van der Waals surface area contributed by atoms with E-state index in [1.165, 1.54) is 75.3 Å². The fraction of sp³-hybridized carbons (Fsp3) is 0.606. The van der Waals surface area contributed by atoms with Crippen molar-refractivity contribution in [2.24, 2.45) is 0 Å². The summed E-state index contributed by atoms with van der Waals surface area (Å²) in [7, 11) is 0. The number of hydrogen-bond donors (Lipinski definition) is 0. The first-order valence-corrected chi connectivity index (χ1v) is 14.1. The van der Waals surface area contributed by atoms with Gasteiger partial charge in [-0.25, -0.2) is 0 Å². The molecule has 4 aliphatic carbocycles. The second-order valence-electron chi connectivity index (χ2n) is 12.9. The van der Waals surface area contributed by atoms with Gasteiger partial charge in [0.05, 0.1) is 0 Å². The summed E-state index contributed by atoms with van der Waals surface area (Å²) in [6, 6.07) is 14.7. The lowest BCUT2D eigenvalue weighted by Crippen LogP contribution is -2.50. The third-order valence-electron chi connectivity index (χ3n) is 7.88. The summed E-state index contributed by atoms with van der Waals surface area (Å²) < 4.78 is 0. The molecule has 2 nitrogen and oxygen atoms in total. The van der Waals surface area contributed by atoms with Gasteiger partial charge in [0.15, 0.2) is 0 Å². The highest BCUT2D eigenvalue weighted by atomic mass is 15.4. The van der Waals surface area contributed by atoms with Gasteiger partial charge in [-0.1, -0.05) is 36.4 Å². The lowest BCUT2D eigenvalue weighted by atomic mass is 9.88. The van der Waals surface area contributed by atoms with Gasteiger partial charge in [0.1, 0.15) is 6.67 Å². The molecule has 2 heteroatoms. The Bertz CT molecular complexity index is 880. The first-order chi connectivity index (χ1) is 16.6. The van der Waals surface area contributed by atoms with Crippen LogP contribution in [0.5, 0.6) is 0 Å². The molecule has 2 radical (unpaired) electrons. The van der Waals surface area contributed by atoms with E-state index in [4.69, 9.17) is 0 Å². The van der Waals surface area contributed by atoms with E-state index in [0.29, 0.717) is 0 Å². The van der Waals surface area contributed by atoms with E-state index < -0.39 is 0 Å². The molecule has 2 aromatic rings. The molecule has 0 amide bonds. The predicted octanol–water partition coefficient (Wildman–Crippen LogP) is 7.43. The van der Waals surface area contributed by atoms with Crippen LogP contribution in [0.3, 0.4) is 0 Å². The van der Waals surface area contributed by atoms with Crippen LogP contribution in [0, 0.1) is 6.67 Å². The molecule has 0 saturated carbocycles. The monoisotopic (exact) mass is 472 g/mol. The summed E-state index contributed by atoms with van der Waals surface area (Å²) in [5, 5.41) is 0. The summed E-state index contributed by atoms with van der Waals surface area (Å²) in [4.78, 5) is 4.94. The van der Waals surface area contributed by atoms with Crippen molar-refractivity contribution < 1.29 is 0 Å².